The first-order valence-electron chi connectivity index (χ1n) is 8.82. The Morgan fingerprint density at radius 3 is 2.39 bits per heavy atom. The smallest absolute Gasteiger partial charge is 0.243 e. The molecule has 0 saturated heterocycles. The maximum Gasteiger partial charge on any atom is 0.243 e. The molecule has 1 amide bonds. The van der Waals surface area contributed by atoms with Crippen molar-refractivity contribution in [3.63, 3.8) is 0 Å². The molecule has 0 aliphatic carbocycles. The summed E-state index contributed by atoms with van der Waals surface area (Å²) in [5.41, 5.74) is 2.35. The number of nitrogens with one attached hydrogen (secondary N) is 1. The molecule has 0 aliphatic heterocycles. The van der Waals surface area contributed by atoms with Gasteiger partial charge in [0, 0.05) is 0 Å². The number of ether oxygens (including phenoxy) is 1. The zero-order chi connectivity index (χ0) is 20.9. The molecule has 0 aromatic heterocycles. The van der Waals surface area contributed by atoms with Crippen molar-refractivity contribution in [1.29, 1.82) is 0 Å². The van der Waals surface area contributed by atoms with E-state index in [4.69, 9.17) is 4.74 Å². The van der Waals surface area contributed by atoms with Gasteiger partial charge in [-0.3, -0.25) is 9.10 Å². The van der Waals surface area contributed by atoms with Crippen LogP contribution in [-0.2, 0) is 14.8 Å². The van der Waals surface area contributed by atoms with Crippen LogP contribution in [0.1, 0.15) is 18.1 Å². The summed E-state index contributed by atoms with van der Waals surface area (Å²) in [5, 5.41) is 2.67. The average molecular weight is 408 g/mol. The van der Waals surface area contributed by atoms with Crippen molar-refractivity contribution < 1.29 is 22.3 Å². The van der Waals surface area contributed by atoms with Gasteiger partial charge in [-0.1, -0.05) is 17.7 Å². The number of hydrogen-bond acceptors (Lipinski definition) is 4. The van der Waals surface area contributed by atoms with Gasteiger partial charge in [-0.2, -0.15) is 0 Å². The van der Waals surface area contributed by atoms with Crippen molar-refractivity contribution in [3.05, 3.63) is 59.4 Å². The van der Waals surface area contributed by atoms with Crippen molar-refractivity contribution >= 4 is 21.6 Å². The first kappa shape index (κ1) is 21.7. The predicted octanol–water partition coefficient (Wildman–Crippen LogP) is 2.79. The summed E-state index contributed by atoms with van der Waals surface area (Å²) in [4.78, 5) is 12.4. The number of halogens is 1. The first-order chi connectivity index (χ1) is 13.1. The van der Waals surface area contributed by atoms with Crippen molar-refractivity contribution in [1.82, 2.24) is 5.32 Å². The Labute approximate surface area is 165 Å². The molecule has 0 spiro atoms. The highest BCUT2D eigenvalue weighted by Gasteiger charge is 2.28. The highest BCUT2D eigenvalue weighted by molar-refractivity contribution is 7.92. The number of aryl methyl sites for hydroxylation is 2. The van der Waals surface area contributed by atoms with Gasteiger partial charge in [-0.15, -0.1) is 0 Å². The fourth-order valence-electron chi connectivity index (χ4n) is 2.84. The van der Waals surface area contributed by atoms with Gasteiger partial charge >= 0.3 is 0 Å². The second-order valence-electron chi connectivity index (χ2n) is 6.62. The van der Waals surface area contributed by atoms with Gasteiger partial charge in [0.2, 0.25) is 15.9 Å². The fraction of sp³-hybridized carbons (Fsp3) is 0.350. The van der Waals surface area contributed by atoms with E-state index in [1.807, 2.05) is 32.0 Å². The first-order valence-corrected chi connectivity index (χ1v) is 10.7. The average Bonchev–Trinajstić information content (AvgIpc) is 2.60. The minimum Gasteiger partial charge on any atom is -0.491 e. The standard InChI is InChI=1S/C20H25FN2O4S/c1-14-5-10-19(15(2)13-14)27-12-11-22-20(24)16(3)23(28(4,25)26)18-8-6-17(21)7-9-18/h5-10,13,16H,11-12H2,1-4H3,(H,22,24)/t16-/m0/s1. The van der Waals surface area contributed by atoms with Crippen LogP contribution in [0.4, 0.5) is 10.1 Å². The van der Waals surface area contributed by atoms with Gasteiger partial charge in [0.1, 0.15) is 24.2 Å². The number of sulfonamides is 1. The molecule has 1 atom stereocenters. The lowest BCUT2D eigenvalue weighted by atomic mass is 10.1. The number of carbonyl (C=O) groups excluding carboxylic acids is 1. The lowest BCUT2D eigenvalue weighted by molar-refractivity contribution is -0.121. The van der Waals surface area contributed by atoms with Crippen molar-refractivity contribution in [3.8, 4) is 5.75 Å². The lowest BCUT2D eigenvalue weighted by Gasteiger charge is -2.28. The van der Waals surface area contributed by atoms with E-state index in [1.54, 1.807) is 0 Å². The van der Waals surface area contributed by atoms with Gasteiger partial charge in [0.05, 0.1) is 18.5 Å². The van der Waals surface area contributed by atoms with Crippen LogP contribution in [0.2, 0.25) is 0 Å². The zero-order valence-electron chi connectivity index (χ0n) is 16.4. The van der Waals surface area contributed by atoms with Gasteiger partial charge in [0.15, 0.2) is 0 Å². The maximum absolute atomic E-state index is 13.1. The molecule has 6 nitrogen and oxygen atoms in total. The molecule has 0 saturated carbocycles. The second-order valence-corrected chi connectivity index (χ2v) is 8.48. The molecule has 2 rings (SSSR count). The molecular formula is C20H25FN2O4S. The quantitative estimate of drug-likeness (QED) is 0.682. The molecular weight excluding hydrogens is 383 g/mol. The number of rotatable bonds is 8. The van der Waals surface area contributed by atoms with Crippen molar-refractivity contribution in [2.45, 2.75) is 26.8 Å². The van der Waals surface area contributed by atoms with Crippen LogP contribution in [0.3, 0.4) is 0 Å². The van der Waals surface area contributed by atoms with Crippen molar-refractivity contribution in [2.75, 3.05) is 23.7 Å². The largest absolute Gasteiger partial charge is 0.491 e. The fourth-order valence-corrected chi connectivity index (χ4v) is 4.02. The third kappa shape index (κ3) is 5.69. The third-order valence-electron chi connectivity index (χ3n) is 4.16. The molecule has 0 heterocycles. The van der Waals surface area contributed by atoms with E-state index < -0.39 is 27.8 Å². The maximum atomic E-state index is 13.1. The van der Waals surface area contributed by atoms with E-state index in [1.165, 1.54) is 19.1 Å². The van der Waals surface area contributed by atoms with Gasteiger partial charge < -0.3 is 10.1 Å². The molecule has 28 heavy (non-hydrogen) atoms. The molecule has 0 fully saturated rings. The van der Waals surface area contributed by atoms with Crippen LogP contribution in [0.15, 0.2) is 42.5 Å². The van der Waals surface area contributed by atoms with E-state index in [2.05, 4.69) is 5.32 Å². The molecule has 2 aromatic carbocycles. The van der Waals surface area contributed by atoms with E-state index in [0.717, 1.165) is 39.6 Å². The summed E-state index contributed by atoms with van der Waals surface area (Å²) in [6, 6.07) is 9.76. The summed E-state index contributed by atoms with van der Waals surface area (Å²) < 4.78 is 44.1. The Morgan fingerprint density at radius 2 is 1.82 bits per heavy atom. The SMILES string of the molecule is Cc1ccc(OCCNC(=O)[C@H](C)N(c2ccc(F)cc2)S(C)(=O)=O)c(C)c1. The predicted molar refractivity (Wildman–Crippen MR) is 108 cm³/mol. The minimum absolute atomic E-state index is 0.220. The Morgan fingerprint density at radius 1 is 1.18 bits per heavy atom. The number of nitrogens with zero attached hydrogens (tertiary/aromatic N) is 1. The molecule has 152 valence electrons. The van der Waals surface area contributed by atoms with E-state index in [0.29, 0.717) is 0 Å². The number of anilines is 1. The molecule has 8 heteroatoms. The van der Waals surface area contributed by atoms with Gasteiger partial charge in [-0.05, 0) is 56.7 Å². The summed E-state index contributed by atoms with van der Waals surface area (Å²) in [6.45, 7) is 5.88. The third-order valence-corrected chi connectivity index (χ3v) is 5.40. The molecule has 1 N–H and O–H groups in total. The van der Waals surface area contributed by atoms with Crippen molar-refractivity contribution in [2.24, 2.45) is 0 Å². The highest BCUT2D eigenvalue weighted by atomic mass is 32.2. The number of hydrogen-bond donors (Lipinski definition) is 1. The summed E-state index contributed by atoms with van der Waals surface area (Å²) in [5.74, 6) is -0.228. The van der Waals surface area contributed by atoms with Crippen LogP contribution >= 0.6 is 0 Å². The monoisotopic (exact) mass is 408 g/mol. The minimum atomic E-state index is -3.74. The molecule has 2 aromatic rings. The summed E-state index contributed by atoms with van der Waals surface area (Å²) >= 11 is 0. The Hall–Kier alpha value is -2.61. The number of benzene rings is 2. The molecule has 0 radical (unpaired) electrons. The molecule has 0 unspecified atom stereocenters. The summed E-state index contributed by atoms with van der Waals surface area (Å²) in [6.07, 6.45) is 1.00. The van der Waals surface area contributed by atoms with Crippen LogP contribution < -0.4 is 14.4 Å². The van der Waals surface area contributed by atoms with Gasteiger partial charge in [0.25, 0.3) is 0 Å². The Balaban J connectivity index is 1.98. The highest BCUT2D eigenvalue weighted by Crippen LogP contribution is 2.21. The normalized spacial score (nSPS) is 12.3. The summed E-state index contributed by atoms with van der Waals surface area (Å²) in [7, 11) is -3.74. The van der Waals surface area contributed by atoms with E-state index in [9.17, 15) is 17.6 Å². The number of amides is 1. The molecule has 0 aliphatic rings. The Kier molecular flexibility index (Phi) is 7.01. The topological polar surface area (TPSA) is 75.7 Å². The van der Waals surface area contributed by atoms with Crippen LogP contribution in [-0.4, -0.2) is 39.8 Å². The lowest BCUT2D eigenvalue weighted by Crippen LogP contribution is -2.48. The van der Waals surface area contributed by atoms with Gasteiger partial charge in [-0.25, -0.2) is 12.8 Å². The van der Waals surface area contributed by atoms with Crippen LogP contribution in [0, 0.1) is 19.7 Å². The van der Waals surface area contributed by atoms with E-state index in [-0.39, 0.29) is 18.8 Å². The number of carbonyl (C=O) groups is 1. The zero-order valence-corrected chi connectivity index (χ0v) is 17.2. The van der Waals surface area contributed by atoms with E-state index >= 15 is 0 Å². The van der Waals surface area contributed by atoms with Crippen LogP contribution in [0.25, 0.3) is 0 Å². The second kappa shape index (κ2) is 9.05. The molecule has 0 bridgehead atoms. The van der Waals surface area contributed by atoms with Crippen LogP contribution in [0.5, 0.6) is 5.75 Å². The Bertz CT molecular complexity index is 930.